The zero-order valence-corrected chi connectivity index (χ0v) is 22.3. The molecule has 7 rings (SSSR count). The number of rotatable bonds is 5. The van der Waals surface area contributed by atoms with Crippen LogP contribution in [-0.4, -0.2) is 55.6 Å². The van der Waals surface area contributed by atoms with E-state index in [1.165, 1.54) is 5.56 Å². The maximum atomic E-state index is 13.5. The Morgan fingerprint density at radius 1 is 1.02 bits per heavy atom. The second-order valence-electron chi connectivity index (χ2n) is 10.7. The van der Waals surface area contributed by atoms with E-state index in [4.69, 9.17) is 4.98 Å². The van der Waals surface area contributed by atoms with E-state index in [9.17, 15) is 23.1 Å². The highest BCUT2D eigenvalue weighted by atomic mass is 32.2. The summed E-state index contributed by atoms with van der Waals surface area (Å²) in [5, 5.41) is 4.29. The number of amides is 3. The Morgan fingerprint density at radius 3 is 2.62 bits per heavy atom. The molecule has 11 heteroatoms. The van der Waals surface area contributed by atoms with Gasteiger partial charge in [0, 0.05) is 36.2 Å². The lowest BCUT2D eigenvalue weighted by molar-refractivity contribution is -0.134. The van der Waals surface area contributed by atoms with Crippen LogP contribution in [0.15, 0.2) is 48.5 Å². The van der Waals surface area contributed by atoms with Crippen LogP contribution >= 0.6 is 0 Å². The van der Waals surface area contributed by atoms with Crippen molar-refractivity contribution >= 4 is 62.2 Å². The second kappa shape index (κ2) is 9.53. The van der Waals surface area contributed by atoms with Gasteiger partial charge in [0.2, 0.25) is 17.8 Å². The number of aromatic nitrogens is 2. The molecule has 10 nitrogen and oxygen atoms in total. The monoisotopic (exact) mass is 556 g/mol. The Bertz CT molecular complexity index is 1740. The van der Waals surface area contributed by atoms with Crippen molar-refractivity contribution in [2.45, 2.75) is 43.4 Å². The van der Waals surface area contributed by atoms with Crippen molar-refractivity contribution < 1.29 is 23.1 Å². The molecular formula is C29H26N5O5S-. The van der Waals surface area contributed by atoms with Gasteiger partial charge in [0.15, 0.2) is 0 Å². The first kappa shape index (κ1) is 24.9. The van der Waals surface area contributed by atoms with Gasteiger partial charge in [-0.25, -0.2) is 4.98 Å². The summed E-state index contributed by atoms with van der Waals surface area (Å²) < 4.78 is 22.2. The molecule has 4 heterocycles. The van der Waals surface area contributed by atoms with Gasteiger partial charge in [-0.05, 0) is 66.0 Å². The van der Waals surface area contributed by atoms with Crippen molar-refractivity contribution in [3.63, 3.8) is 0 Å². The summed E-state index contributed by atoms with van der Waals surface area (Å²) in [6.07, 6.45) is 2.33. The number of hydrogen-bond acceptors (Lipinski definition) is 7. The minimum absolute atomic E-state index is 0.0268. The van der Waals surface area contributed by atoms with Crippen LogP contribution in [0, 0.1) is 0 Å². The van der Waals surface area contributed by atoms with Gasteiger partial charge in [-0.1, -0.05) is 35.3 Å². The Morgan fingerprint density at radius 2 is 1.85 bits per heavy atom. The molecule has 0 bridgehead atoms. The van der Waals surface area contributed by atoms with Crippen LogP contribution < -0.4 is 15.1 Å². The maximum Gasteiger partial charge on any atom is 0.259 e. The third-order valence-corrected chi connectivity index (χ3v) is 8.90. The standard InChI is InChI=1S/C29H27N5O5S/c35-25-9-8-24(27(36)32-25)34-23-7-5-18(19-2-1-3-20(26(19)23)28(34)37)17-10-12-33(13-11-17)29-30-21-6-4-16(15-40(38)39)14-22(21)31-29/h1-7,14,17,24H,8-13,15H2,(H,30,31)(H,38,39)(H,32,35,36)/p-1. The summed E-state index contributed by atoms with van der Waals surface area (Å²) >= 11 is -2.14. The van der Waals surface area contributed by atoms with E-state index >= 15 is 0 Å². The van der Waals surface area contributed by atoms with Gasteiger partial charge in [-0.3, -0.25) is 28.8 Å². The number of benzene rings is 3. The fourth-order valence-corrected chi connectivity index (χ4v) is 6.90. The molecule has 0 aliphatic carbocycles. The van der Waals surface area contributed by atoms with Crippen LogP contribution in [0.4, 0.5) is 11.6 Å². The van der Waals surface area contributed by atoms with Gasteiger partial charge in [0.1, 0.15) is 6.04 Å². The van der Waals surface area contributed by atoms with E-state index in [1.807, 2.05) is 30.3 Å². The van der Waals surface area contributed by atoms with Crippen LogP contribution in [-0.2, 0) is 26.4 Å². The third-order valence-electron chi connectivity index (χ3n) is 8.34. The molecule has 2 fully saturated rings. The maximum absolute atomic E-state index is 13.5. The first-order valence-electron chi connectivity index (χ1n) is 13.4. The van der Waals surface area contributed by atoms with Gasteiger partial charge in [-0.15, -0.1) is 0 Å². The molecule has 0 radical (unpaired) electrons. The fraction of sp³-hybridized carbons (Fsp3) is 0.310. The number of imide groups is 1. The lowest BCUT2D eigenvalue weighted by Crippen LogP contribution is -2.53. The SMILES string of the molecule is O=C1CCC(N2C(=O)c3cccc4c(C5CCN(c6nc7ccc(CS(=O)[O-])cc7[nH]6)CC5)ccc2c34)C(=O)N1. The summed E-state index contributed by atoms with van der Waals surface area (Å²) in [6, 6.07) is 14.6. The molecule has 3 aliphatic heterocycles. The van der Waals surface area contributed by atoms with Gasteiger partial charge in [0.05, 0.1) is 16.7 Å². The lowest BCUT2D eigenvalue weighted by Gasteiger charge is -2.33. The Labute approximate surface area is 232 Å². The van der Waals surface area contributed by atoms with E-state index in [0.29, 0.717) is 17.9 Å². The highest BCUT2D eigenvalue weighted by Crippen LogP contribution is 2.44. The first-order chi connectivity index (χ1) is 19.4. The molecule has 0 saturated carbocycles. The van der Waals surface area contributed by atoms with Crippen LogP contribution in [0.5, 0.6) is 0 Å². The summed E-state index contributed by atoms with van der Waals surface area (Å²) in [6.45, 7) is 1.60. The lowest BCUT2D eigenvalue weighted by atomic mass is 9.85. The molecule has 40 heavy (non-hydrogen) atoms. The van der Waals surface area contributed by atoms with Crippen LogP contribution in [0.25, 0.3) is 21.8 Å². The van der Waals surface area contributed by atoms with E-state index < -0.39 is 23.0 Å². The third kappa shape index (κ3) is 4.08. The normalized spacial score (nSPS) is 20.5. The van der Waals surface area contributed by atoms with Crippen molar-refractivity contribution in [2.24, 2.45) is 0 Å². The van der Waals surface area contributed by atoms with Crippen LogP contribution in [0.2, 0.25) is 0 Å². The molecule has 2 N–H and O–H groups in total. The minimum Gasteiger partial charge on any atom is -0.772 e. The number of nitrogens with one attached hydrogen (secondary N) is 2. The molecule has 4 aromatic rings. The first-order valence-corrected chi connectivity index (χ1v) is 14.6. The molecule has 204 valence electrons. The average molecular weight is 557 g/mol. The van der Waals surface area contributed by atoms with Crippen molar-refractivity contribution in [1.82, 2.24) is 15.3 Å². The van der Waals surface area contributed by atoms with E-state index in [1.54, 1.807) is 11.0 Å². The molecule has 0 spiro atoms. The zero-order chi connectivity index (χ0) is 27.5. The topological polar surface area (TPSA) is 139 Å². The minimum atomic E-state index is -2.14. The molecule has 3 amide bonds. The average Bonchev–Trinajstić information content (AvgIpc) is 3.49. The number of aromatic amines is 1. The van der Waals surface area contributed by atoms with Gasteiger partial charge < -0.3 is 14.4 Å². The summed E-state index contributed by atoms with van der Waals surface area (Å²) in [5.41, 5.74) is 4.86. The smallest absolute Gasteiger partial charge is 0.259 e. The molecule has 2 unspecified atom stereocenters. The van der Waals surface area contributed by atoms with Crippen LogP contribution in [0.3, 0.4) is 0 Å². The molecule has 3 aromatic carbocycles. The summed E-state index contributed by atoms with van der Waals surface area (Å²) in [5.74, 6) is 0.117. The second-order valence-corrected chi connectivity index (χ2v) is 11.6. The summed E-state index contributed by atoms with van der Waals surface area (Å²) in [7, 11) is 0. The number of imidazole rings is 1. The number of nitrogens with zero attached hydrogens (tertiary/aromatic N) is 3. The van der Waals surface area contributed by atoms with Crippen molar-refractivity contribution in [3.05, 3.63) is 65.2 Å². The van der Waals surface area contributed by atoms with Gasteiger partial charge in [-0.2, -0.15) is 0 Å². The largest absolute Gasteiger partial charge is 0.772 e. The predicted octanol–water partition coefficient (Wildman–Crippen LogP) is 3.24. The Balaban J connectivity index is 1.14. The predicted molar refractivity (Wildman–Crippen MR) is 150 cm³/mol. The van der Waals surface area contributed by atoms with Crippen molar-refractivity contribution in [3.8, 4) is 0 Å². The van der Waals surface area contributed by atoms with Gasteiger partial charge >= 0.3 is 0 Å². The van der Waals surface area contributed by atoms with E-state index in [0.717, 1.165) is 64.9 Å². The summed E-state index contributed by atoms with van der Waals surface area (Å²) in [4.78, 5) is 49.6. The van der Waals surface area contributed by atoms with E-state index in [2.05, 4.69) is 27.3 Å². The highest BCUT2D eigenvalue weighted by molar-refractivity contribution is 7.78. The Kier molecular flexibility index (Phi) is 5.93. The van der Waals surface area contributed by atoms with Gasteiger partial charge in [0.25, 0.3) is 5.91 Å². The highest BCUT2D eigenvalue weighted by Gasteiger charge is 2.41. The Hall–Kier alpha value is -4.09. The molecule has 2 atom stereocenters. The fourth-order valence-electron chi connectivity index (χ4n) is 6.44. The number of carbonyl (C=O) groups excluding carboxylic acids is 3. The zero-order valence-electron chi connectivity index (χ0n) is 21.5. The molecular weight excluding hydrogens is 530 g/mol. The number of anilines is 2. The molecule has 3 aliphatic rings. The number of piperidine rings is 2. The quantitative estimate of drug-likeness (QED) is 0.284. The van der Waals surface area contributed by atoms with Crippen molar-refractivity contribution in [2.75, 3.05) is 22.9 Å². The van der Waals surface area contributed by atoms with Crippen molar-refractivity contribution in [1.29, 1.82) is 0 Å². The molecule has 1 aromatic heterocycles. The van der Waals surface area contributed by atoms with E-state index in [-0.39, 0.29) is 24.0 Å². The number of hydrogen-bond donors (Lipinski definition) is 2. The number of fused-ring (bicyclic) bond motifs is 1. The number of H-pyrrole nitrogens is 1. The number of carbonyl (C=O) groups is 3. The molecule has 2 saturated heterocycles. The van der Waals surface area contributed by atoms with Crippen LogP contribution in [0.1, 0.15) is 53.1 Å².